The Labute approximate surface area is 122 Å². The molecule has 20 heavy (non-hydrogen) atoms. The Morgan fingerprint density at radius 1 is 1.30 bits per heavy atom. The van der Waals surface area contributed by atoms with Crippen LogP contribution in [0.2, 0.25) is 0 Å². The van der Waals surface area contributed by atoms with Crippen LogP contribution >= 0.6 is 0 Å². The zero-order valence-electron chi connectivity index (χ0n) is 12.8. The van der Waals surface area contributed by atoms with Crippen LogP contribution in [-0.2, 0) is 11.2 Å². The Morgan fingerprint density at radius 3 is 2.90 bits per heavy atom. The van der Waals surface area contributed by atoms with E-state index in [1.807, 2.05) is 0 Å². The van der Waals surface area contributed by atoms with Gasteiger partial charge in [-0.3, -0.25) is 4.90 Å². The average molecular weight is 274 g/mol. The molecule has 0 aromatic heterocycles. The van der Waals surface area contributed by atoms with E-state index in [0.29, 0.717) is 18.1 Å². The van der Waals surface area contributed by atoms with Crippen molar-refractivity contribution in [2.75, 3.05) is 19.7 Å². The largest absolute Gasteiger partial charge is 0.371 e. The summed E-state index contributed by atoms with van der Waals surface area (Å²) < 4.78 is 6.15. The first-order valence-corrected chi connectivity index (χ1v) is 7.91. The first-order valence-electron chi connectivity index (χ1n) is 7.91. The van der Waals surface area contributed by atoms with Crippen LogP contribution < -0.4 is 5.32 Å². The van der Waals surface area contributed by atoms with E-state index in [4.69, 9.17) is 4.74 Å². The summed E-state index contributed by atoms with van der Waals surface area (Å²) in [5, 5.41) is 3.73. The van der Waals surface area contributed by atoms with Gasteiger partial charge in [0, 0.05) is 18.6 Å². The van der Waals surface area contributed by atoms with E-state index in [0.717, 1.165) is 26.1 Å². The van der Waals surface area contributed by atoms with Crippen molar-refractivity contribution in [3.63, 3.8) is 0 Å². The lowest BCUT2D eigenvalue weighted by Gasteiger charge is -2.47. The highest BCUT2D eigenvalue weighted by Crippen LogP contribution is 2.33. The Kier molecular flexibility index (Phi) is 4.11. The van der Waals surface area contributed by atoms with Gasteiger partial charge in [-0.2, -0.15) is 0 Å². The van der Waals surface area contributed by atoms with Gasteiger partial charge >= 0.3 is 0 Å². The highest BCUT2D eigenvalue weighted by Gasteiger charge is 2.38. The Morgan fingerprint density at radius 2 is 2.10 bits per heavy atom. The number of piperazine rings is 1. The van der Waals surface area contributed by atoms with Crippen molar-refractivity contribution in [2.45, 2.75) is 51.4 Å². The van der Waals surface area contributed by atoms with E-state index in [1.165, 1.54) is 11.1 Å². The van der Waals surface area contributed by atoms with E-state index in [-0.39, 0.29) is 6.10 Å². The molecule has 110 valence electrons. The van der Waals surface area contributed by atoms with Crippen molar-refractivity contribution in [2.24, 2.45) is 0 Å². The number of ether oxygens (including phenoxy) is 1. The minimum atomic E-state index is 0.191. The molecular weight excluding hydrogens is 248 g/mol. The van der Waals surface area contributed by atoms with Crippen LogP contribution in [0.3, 0.4) is 0 Å². The third-order valence-electron chi connectivity index (χ3n) is 4.98. The fourth-order valence-electron chi connectivity index (χ4n) is 3.88. The number of hydrogen-bond acceptors (Lipinski definition) is 3. The van der Waals surface area contributed by atoms with Gasteiger partial charge in [0.25, 0.3) is 0 Å². The highest BCUT2D eigenvalue weighted by atomic mass is 16.5. The molecule has 0 saturated carbocycles. The quantitative estimate of drug-likeness (QED) is 0.896. The second kappa shape index (κ2) is 5.84. The molecule has 4 atom stereocenters. The maximum atomic E-state index is 6.15. The predicted octanol–water partition coefficient (Wildman–Crippen LogP) is 2.37. The third-order valence-corrected chi connectivity index (χ3v) is 4.98. The van der Waals surface area contributed by atoms with E-state index < -0.39 is 0 Å². The summed E-state index contributed by atoms with van der Waals surface area (Å²) >= 11 is 0. The lowest BCUT2D eigenvalue weighted by Crippen LogP contribution is -2.62. The van der Waals surface area contributed by atoms with E-state index in [2.05, 4.69) is 55.3 Å². The first-order chi connectivity index (χ1) is 9.72. The summed E-state index contributed by atoms with van der Waals surface area (Å²) in [6, 6.07) is 10.2. The Balaban J connectivity index is 1.86. The number of fused-ring (bicyclic) bond motifs is 1. The summed E-state index contributed by atoms with van der Waals surface area (Å²) in [4.78, 5) is 2.59. The van der Waals surface area contributed by atoms with Gasteiger partial charge in [-0.1, -0.05) is 31.2 Å². The third kappa shape index (κ3) is 2.39. The zero-order valence-corrected chi connectivity index (χ0v) is 12.8. The van der Waals surface area contributed by atoms with Crippen LogP contribution in [0.4, 0.5) is 0 Å². The van der Waals surface area contributed by atoms with Gasteiger partial charge in [0.15, 0.2) is 0 Å². The van der Waals surface area contributed by atoms with Crippen LogP contribution in [0.5, 0.6) is 0 Å². The summed E-state index contributed by atoms with van der Waals surface area (Å²) in [5.74, 6) is 0. The van der Waals surface area contributed by atoms with Crippen molar-refractivity contribution < 1.29 is 4.74 Å². The molecule has 1 fully saturated rings. The molecule has 2 aliphatic heterocycles. The van der Waals surface area contributed by atoms with Crippen molar-refractivity contribution in [1.82, 2.24) is 10.2 Å². The van der Waals surface area contributed by atoms with Gasteiger partial charge < -0.3 is 10.1 Å². The molecule has 2 aliphatic rings. The summed E-state index contributed by atoms with van der Waals surface area (Å²) in [5.41, 5.74) is 2.84. The van der Waals surface area contributed by atoms with Crippen LogP contribution in [0.1, 0.15) is 38.0 Å². The molecule has 0 aliphatic carbocycles. The molecule has 0 spiro atoms. The van der Waals surface area contributed by atoms with Gasteiger partial charge in [-0.05, 0) is 37.9 Å². The summed E-state index contributed by atoms with van der Waals surface area (Å²) in [6.45, 7) is 9.88. The zero-order chi connectivity index (χ0) is 14.1. The molecule has 3 nitrogen and oxygen atoms in total. The van der Waals surface area contributed by atoms with Crippen molar-refractivity contribution in [1.29, 1.82) is 0 Å². The lowest BCUT2D eigenvalue weighted by molar-refractivity contribution is -0.0320. The first kappa shape index (κ1) is 14.1. The van der Waals surface area contributed by atoms with Crippen LogP contribution in [0, 0.1) is 0 Å². The minimum Gasteiger partial charge on any atom is -0.371 e. The molecule has 1 N–H and O–H groups in total. The normalized spacial score (nSPS) is 34.8. The molecule has 1 aromatic carbocycles. The number of hydrogen-bond donors (Lipinski definition) is 1. The van der Waals surface area contributed by atoms with Crippen molar-refractivity contribution in [3.05, 3.63) is 35.4 Å². The van der Waals surface area contributed by atoms with Crippen molar-refractivity contribution in [3.8, 4) is 0 Å². The topological polar surface area (TPSA) is 24.5 Å². The summed E-state index contributed by atoms with van der Waals surface area (Å²) in [7, 11) is 0. The lowest BCUT2D eigenvalue weighted by atomic mass is 9.88. The smallest absolute Gasteiger partial charge is 0.0995 e. The van der Waals surface area contributed by atoms with E-state index in [1.54, 1.807) is 0 Å². The van der Waals surface area contributed by atoms with E-state index in [9.17, 15) is 0 Å². The second-order valence-corrected chi connectivity index (χ2v) is 6.09. The highest BCUT2D eigenvalue weighted by molar-refractivity contribution is 5.32. The molecule has 1 aromatic rings. The summed E-state index contributed by atoms with van der Waals surface area (Å²) in [6.07, 6.45) is 1.23. The number of benzene rings is 1. The monoisotopic (exact) mass is 274 g/mol. The molecule has 3 rings (SSSR count). The van der Waals surface area contributed by atoms with Gasteiger partial charge in [0.2, 0.25) is 0 Å². The molecule has 0 bridgehead atoms. The molecular formula is C17H26N2O. The maximum absolute atomic E-state index is 6.15. The maximum Gasteiger partial charge on any atom is 0.0995 e. The molecule has 0 radical (unpaired) electrons. The molecule has 1 saturated heterocycles. The van der Waals surface area contributed by atoms with Crippen LogP contribution in [0.15, 0.2) is 24.3 Å². The van der Waals surface area contributed by atoms with Crippen LogP contribution in [-0.4, -0.2) is 42.7 Å². The number of nitrogens with one attached hydrogen (secondary N) is 1. The molecule has 3 unspecified atom stereocenters. The number of nitrogens with zero attached hydrogens (tertiary/aromatic N) is 1. The van der Waals surface area contributed by atoms with Crippen LogP contribution in [0.25, 0.3) is 0 Å². The average Bonchev–Trinajstić information content (AvgIpc) is 2.48. The van der Waals surface area contributed by atoms with Gasteiger partial charge in [0.05, 0.1) is 18.8 Å². The SMILES string of the molecule is CCN1C(C)CNC([C@H]2OCCc3ccccc32)C1C. The predicted molar refractivity (Wildman–Crippen MR) is 81.9 cm³/mol. The molecule has 3 heteroatoms. The van der Waals surface area contributed by atoms with Crippen molar-refractivity contribution >= 4 is 0 Å². The fraction of sp³-hybridized carbons (Fsp3) is 0.647. The van der Waals surface area contributed by atoms with Gasteiger partial charge in [-0.25, -0.2) is 0 Å². The molecule has 2 heterocycles. The minimum absolute atomic E-state index is 0.191. The Hall–Kier alpha value is -0.900. The van der Waals surface area contributed by atoms with Gasteiger partial charge in [0.1, 0.15) is 0 Å². The molecule has 0 amide bonds. The fourth-order valence-corrected chi connectivity index (χ4v) is 3.88. The van der Waals surface area contributed by atoms with Gasteiger partial charge in [-0.15, -0.1) is 0 Å². The number of likely N-dealkylation sites (N-methyl/N-ethyl adjacent to an activating group) is 1. The number of rotatable bonds is 2. The Bertz CT molecular complexity index is 462. The standard InChI is InChI=1S/C17H26N2O/c1-4-19-12(2)11-18-16(13(19)3)17-15-8-6-5-7-14(15)9-10-20-17/h5-8,12-13,16-18H,4,9-11H2,1-3H3/t12?,13?,16?,17-/m0/s1. The van der Waals surface area contributed by atoms with E-state index >= 15 is 0 Å². The second-order valence-electron chi connectivity index (χ2n) is 6.09.